The number of aromatic nitrogens is 2. The molecule has 1 aliphatic rings. The predicted octanol–water partition coefficient (Wildman–Crippen LogP) is 3.23. The molecule has 1 unspecified atom stereocenters. The molecule has 31 heavy (non-hydrogen) atoms. The SMILES string of the molecule is Cc1ncccc1-c1cc(C2(c3ccnc(CF)c3)N=C(N)N(C)C2=O)cc(F)c1F. The van der Waals surface area contributed by atoms with Crippen LogP contribution in [0.15, 0.2) is 53.8 Å². The van der Waals surface area contributed by atoms with Crippen LogP contribution in [-0.2, 0) is 17.0 Å². The molecule has 0 saturated heterocycles. The van der Waals surface area contributed by atoms with E-state index in [4.69, 9.17) is 5.73 Å². The summed E-state index contributed by atoms with van der Waals surface area (Å²) in [7, 11) is 1.42. The smallest absolute Gasteiger partial charge is 0.266 e. The van der Waals surface area contributed by atoms with Crippen molar-refractivity contribution in [2.24, 2.45) is 10.7 Å². The number of benzene rings is 1. The minimum absolute atomic E-state index is 0.0537. The van der Waals surface area contributed by atoms with E-state index in [1.54, 1.807) is 19.1 Å². The van der Waals surface area contributed by atoms with Gasteiger partial charge in [0, 0.05) is 36.3 Å². The Labute approximate surface area is 176 Å². The third-order valence-corrected chi connectivity index (χ3v) is 5.35. The molecule has 158 valence electrons. The highest BCUT2D eigenvalue weighted by molar-refractivity contribution is 6.09. The molecule has 4 rings (SSSR count). The van der Waals surface area contributed by atoms with Crippen LogP contribution < -0.4 is 5.73 Å². The van der Waals surface area contributed by atoms with Gasteiger partial charge in [0.25, 0.3) is 5.91 Å². The quantitative estimate of drug-likeness (QED) is 0.696. The zero-order chi connectivity index (χ0) is 22.3. The molecule has 6 nitrogen and oxygen atoms in total. The summed E-state index contributed by atoms with van der Waals surface area (Å²) >= 11 is 0. The number of halogens is 3. The summed E-state index contributed by atoms with van der Waals surface area (Å²) in [6, 6.07) is 8.31. The lowest BCUT2D eigenvalue weighted by molar-refractivity contribution is -0.129. The Kier molecular flexibility index (Phi) is 4.96. The Bertz CT molecular complexity index is 1230. The van der Waals surface area contributed by atoms with Gasteiger partial charge in [-0.25, -0.2) is 18.2 Å². The number of carbonyl (C=O) groups excluding carboxylic acids is 1. The second kappa shape index (κ2) is 7.50. The third-order valence-electron chi connectivity index (χ3n) is 5.35. The number of likely N-dealkylation sites (N-methyl/N-ethyl adjacent to an activating group) is 1. The summed E-state index contributed by atoms with van der Waals surface area (Å²) in [5.41, 5.74) is 5.24. The number of nitrogens with two attached hydrogens (primary N) is 1. The van der Waals surface area contributed by atoms with E-state index in [1.165, 1.54) is 37.6 Å². The maximum atomic E-state index is 14.8. The highest BCUT2D eigenvalue weighted by atomic mass is 19.2. The van der Waals surface area contributed by atoms with Crippen LogP contribution in [0.2, 0.25) is 0 Å². The third kappa shape index (κ3) is 3.13. The van der Waals surface area contributed by atoms with Crippen molar-refractivity contribution in [3.63, 3.8) is 0 Å². The number of rotatable bonds is 4. The first kappa shape index (κ1) is 20.5. The Morgan fingerprint density at radius 1 is 1.06 bits per heavy atom. The van der Waals surface area contributed by atoms with Crippen molar-refractivity contribution in [3.8, 4) is 11.1 Å². The molecule has 3 aromatic rings. The normalized spacial score (nSPS) is 18.4. The van der Waals surface area contributed by atoms with Gasteiger partial charge in [-0.2, -0.15) is 0 Å². The molecular weight excluding hydrogens is 407 g/mol. The number of pyridine rings is 2. The van der Waals surface area contributed by atoms with E-state index in [-0.39, 0.29) is 28.3 Å². The van der Waals surface area contributed by atoms with Gasteiger partial charge in [-0.3, -0.25) is 19.7 Å². The first-order valence-electron chi connectivity index (χ1n) is 9.36. The fourth-order valence-corrected chi connectivity index (χ4v) is 3.72. The molecule has 0 spiro atoms. The summed E-state index contributed by atoms with van der Waals surface area (Å²) in [4.78, 5) is 26.8. The Morgan fingerprint density at radius 2 is 1.84 bits per heavy atom. The fraction of sp³-hybridized carbons (Fsp3) is 0.182. The zero-order valence-electron chi connectivity index (χ0n) is 16.7. The van der Waals surface area contributed by atoms with Crippen LogP contribution >= 0.6 is 0 Å². The topological polar surface area (TPSA) is 84.5 Å². The lowest BCUT2D eigenvalue weighted by Gasteiger charge is -2.27. The molecule has 0 fully saturated rings. The Morgan fingerprint density at radius 3 is 2.48 bits per heavy atom. The second-order valence-electron chi connectivity index (χ2n) is 7.17. The highest BCUT2D eigenvalue weighted by Crippen LogP contribution is 2.42. The maximum absolute atomic E-state index is 14.8. The molecule has 1 amide bonds. The van der Waals surface area contributed by atoms with Crippen LogP contribution in [0, 0.1) is 18.6 Å². The van der Waals surface area contributed by atoms with Gasteiger partial charge in [-0.1, -0.05) is 6.07 Å². The Balaban J connectivity index is 2.04. The summed E-state index contributed by atoms with van der Waals surface area (Å²) in [6.07, 6.45) is 2.86. The van der Waals surface area contributed by atoms with Crippen LogP contribution in [0.5, 0.6) is 0 Å². The number of alkyl halides is 1. The molecule has 2 N–H and O–H groups in total. The van der Waals surface area contributed by atoms with E-state index >= 15 is 0 Å². The van der Waals surface area contributed by atoms with Crippen LogP contribution in [-0.4, -0.2) is 33.8 Å². The average molecular weight is 425 g/mol. The second-order valence-corrected chi connectivity index (χ2v) is 7.17. The minimum Gasteiger partial charge on any atom is -0.369 e. The molecule has 1 atom stereocenters. The number of amides is 1. The van der Waals surface area contributed by atoms with Gasteiger partial charge in [0.05, 0.1) is 5.69 Å². The monoisotopic (exact) mass is 425 g/mol. The Hall–Kier alpha value is -3.75. The van der Waals surface area contributed by atoms with E-state index in [1.807, 2.05) is 0 Å². The van der Waals surface area contributed by atoms with Crippen LogP contribution in [0.1, 0.15) is 22.5 Å². The summed E-state index contributed by atoms with van der Waals surface area (Å²) in [5, 5.41) is 0. The van der Waals surface area contributed by atoms with Crippen molar-refractivity contribution in [2.45, 2.75) is 19.1 Å². The zero-order valence-corrected chi connectivity index (χ0v) is 16.7. The highest BCUT2D eigenvalue weighted by Gasteiger charge is 2.50. The van der Waals surface area contributed by atoms with Gasteiger partial charge in [-0.05, 0) is 48.4 Å². The number of carbonyl (C=O) groups is 1. The number of aliphatic imine (C=N–C) groups is 1. The van der Waals surface area contributed by atoms with E-state index in [0.717, 1.165) is 11.0 Å². The molecule has 0 bridgehead atoms. The first-order valence-corrected chi connectivity index (χ1v) is 9.36. The molecular formula is C22H18F3N5O. The van der Waals surface area contributed by atoms with Gasteiger partial charge in [0.15, 0.2) is 23.1 Å². The summed E-state index contributed by atoms with van der Waals surface area (Å²) in [6.45, 7) is 0.793. The molecule has 1 aromatic carbocycles. The van der Waals surface area contributed by atoms with Crippen LogP contribution in [0.25, 0.3) is 11.1 Å². The number of hydrogen-bond donors (Lipinski definition) is 1. The largest absolute Gasteiger partial charge is 0.369 e. The van der Waals surface area contributed by atoms with E-state index < -0.39 is 29.8 Å². The van der Waals surface area contributed by atoms with Gasteiger partial charge < -0.3 is 5.73 Å². The standard InChI is InChI=1S/C22H18F3N5O/c1-12-16(4-3-6-27-12)17-9-14(10-18(24)19(17)25)22(20(31)30(2)21(26)29-22)13-5-7-28-15(8-13)11-23/h3-10H,11H2,1-2H3,(H2,26,29). The molecule has 9 heteroatoms. The maximum Gasteiger partial charge on any atom is 0.266 e. The summed E-state index contributed by atoms with van der Waals surface area (Å²) in [5.74, 6) is -2.93. The molecule has 3 heterocycles. The van der Waals surface area contributed by atoms with Crippen molar-refractivity contribution >= 4 is 11.9 Å². The summed E-state index contributed by atoms with van der Waals surface area (Å²) < 4.78 is 42.9. The molecule has 0 saturated carbocycles. The van der Waals surface area contributed by atoms with Crippen LogP contribution in [0.3, 0.4) is 0 Å². The van der Waals surface area contributed by atoms with Crippen LogP contribution in [0.4, 0.5) is 13.2 Å². The predicted molar refractivity (Wildman–Crippen MR) is 109 cm³/mol. The van der Waals surface area contributed by atoms with Gasteiger partial charge in [-0.15, -0.1) is 0 Å². The van der Waals surface area contributed by atoms with Crippen molar-refractivity contribution < 1.29 is 18.0 Å². The fourth-order valence-electron chi connectivity index (χ4n) is 3.72. The number of hydrogen-bond acceptors (Lipinski definition) is 5. The van der Waals surface area contributed by atoms with Crippen molar-refractivity contribution in [1.29, 1.82) is 0 Å². The number of nitrogens with zero attached hydrogens (tertiary/aromatic N) is 4. The molecule has 1 aliphatic heterocycles. The number of guanidine groups is 1. The molecule has 2 aromatic heterocycles. The lowest BCUT2D eigenvalue weighted by Crippen LogP contribution is -2.41. The van der Waals surface area contributed by atoms with Gasteiger partial charge in [0.1, 0.15) is 6.67 Å². The average Bonchev–Trinajstić information content (AvgIpc) is 3.01. The van der Waals surface area contributed by atoms with E-state index in [0.29, 0.717) is 11.3 Å². The van der Waals surface area contributed by atoms with Gasteiger partial charge >= 0.3 is 0 Å². The van der Waals surface area contributed by atoms with E-state index in [9.17, 15) is 18.0 Å². The van der Waals surface area contributed by atoms with Crippen molar-refractivity contribution in [3.05, 3.63) is 82.9 Å². The minimum atomic E-state index is -1.81. The molecule has 0 aliphatic carbocycles. The lowest BCUT2D eigenvalue weighted by atomic mass is 9.81. The number of aryl methyl sites for hydroxylation is 1. The van der Waals surface area contributed by atoms with E-state index in [2.05, 4.69) is 15.0 Å². The van der Waals surface area contributed by atoms with Crippen molar-refractivity contribution in [1.82, 2.24) is 14.9 Å². The first-order chi connectivity index (χ1) is 14.8. The van der Waals surface area contributed by atoms with Gasteiger partial charge in [0.2, 0.25) is 0 Å². The van der Waals surface area contributed by atoms with Crippen molar-refractivity contribution in [2.75, 3.05) is 7.05 Å². The molecule has 0 radical (unpaired) electrons.